The van der Waals surface area contributed by atoms with Gasteiger partial charge in [0.1, 0.15) is 6.54 Å². The minimum absolute atomic E-state index is 0.138. The number of benzene rings is 2. The van der Waals surface area contributed by atoms with Gasteiger partial charge >= 0.3 is 0 Å². The van der Waals surface area contributed by atoms with E-state index in [2.05, 4.69) is 10.3 Å². The van der Waals surface area contributed by atoms with Gasteiger partial charge in [-0.25, -0.2) is 13.4 Å². The lowest BCUT2D eigenvalue weighted by Gasteiger charge is -2.26. The fourth-order valence-corrected chi connectivity index (χ4v) is 4.91. The van der Waals surface area contributed by atoms with Crippen LogP contribution in [0, 0.1) is 10.1 Å². The van der Waals surface area contributed by atoms with Gasteiger partial charge in [0, 0.05) is 31.8 Å². The van der Waals surface area contributed by atoms with Gasteiger partial charge in [-0.15, -0.1) is 0 Å². The maximum absolute atomic E-state index is 12.7. The quantitative estimate of drug-likeness (QED) is 0.376. The zero-order chi connectivity index (χ0) is 24.3. The summed E-state index contributed by atoms with van der Waals surface area (Å²) in [7, 11) is -3.60. The van der Waals surface area contributed by atoms with E-state index in [1.54, 1.807) is 12.1 Å². The average Bonchev–Trinajstić information content (AvgIpc) is 2.85. The molecule has 1 N–H and O–H groups in total. The maximum atomic E-state index is 12.7. The number of nitro benzene ring substituents is 1. The molecule has 0 aliphatic carbocycles. The van der Waals surface area contributed by atoms with E-state index >= 15 is 0 Å². The Labute approximate surface area is 194 Å². The molecule has 0 radical (unpaired) electrons. The molecule has 34 heavy (non-hydrogen) atoms. The second-order valence-electron chi connectivity index (χ2n) is 7.57. The summed E-state index contributed by atoms with van der Waals surface area (Å²) < 4.78 is 33.0. The van der Waals surface area contributed by atoms with Crippen molar-refractivity contribution in [1.82, 2.24) is 19.2 Å². The third-order valence-electron chi connectivity index (χ3n) is 5.35. The number of nitrogens with one attached hydrogen (secondary N) is 1. The number of nitrogens with zero attached hydrogens (tertiary/aromatic N) is 4. The van der Waals surface area contributed by atoms with E-state index in [9.17, 15) is 28.1 Å². The molecule has 3 aromatic rings. The molecule has 1 aliphatic rings. The number of amides is 1. The number of fused-ring (bicyclic) bond motifs is 1. The Balaban J connectivity index is 1.39. The molecule has 0 spiro atoms. The van der Waals surface area contributed by atoms with Crippen LogP contribution in [0.15, 0.2) is 58.5 Å². The first-order valence-corrected chi connectivity index (χ1v) is 11.8. The maximum Gasteiger partial charge on any atom is 0.271 e. The number of rotatable bonds is 7. The second-order valence-corrected chi connectivity index (χ2v) is 9.51. The normalized spacial score (nSPS) is 14.7. The molecular weight excluding hydrogens is 466 g/mol. The summed E-state index contributed by atoms with van der Waals surface area (Å²) >= 11 is 0. The number of hydrogen-bond acceptors (Lipinski definition) is 8. The fraction of sp³-hybridized carbons (Fsp3) is 0.286. The Bertz CT molecular complexity index is 1400. The molecule has 0 bridgehead atoms. The van der Waals surface area contributed by atoms with Gasteiger partial charge in [-0.2, -0.15) is 4.31 Å². The van der Waals surface area contributed by atoms with Crippen LogP contribution in [0.3, 0.4) is 0 Å². The van der Waals surface area contributed by atoms with Gasteiger partial charge in [0.05, 0.1) is 40.3 Å². The first-order valence-electron chi connectivity index (χ1n) is 10.3. The SMILES string of the molecule is O=C(Cn1cnc2cc([N+](=O)[O-])ccc2c1=O)NCc1ccc(S(=O)(=O)N2CCOCC2)cc1. The molecule has 1 saturated heterocycles. The number of non-ortho nitro benzene ring substituents is 1. The largest absolute Gasteiger partial charge is 0.379 e. The van der Waals surface area contributed by atoms with Gasteiger partial charge in [0.25, 0.3) is 11.2 Å². The topological polar surface area (TPSA) is 154 Å². The van der Waals surface area contributed by atoms with Crippen molar-refractivity contribution in [2.24, 2.45) is 0 Å². The summed E-state index contributed by atoms with van der Waals surface area (Å²) in [6.45, 7) is 1.18. The standard InChI is InChI=1S/C21H21N5O7S/c27-20(13-24-14-23-19-11-16(26(29)30)3-6-18(19)21(24)28)22-12-15-1-4-17(5-2-15)34(31,32)25-7-9-33-10-8-25/h1-6,11,14H,7-10,12-13H2,(H,22,27). The van der Waals surface area contributed by atoms with Crippen LogP contribution < -0.4 is 10.9 Å². The number of nitro groups is 1. The van der Waals surface area contributed by atoms with Gasteiger partial charge < -0.3 is 10.1 Å². The van der Waals surface area contributed by atoms with Crippen molar-refractivity contribution in [3.8, 4) is 0 Å². The number of aromatic nitrogens is 2. The van der Waals surface area contributed by atoms with Crippen molar-refractivity contribution in [1.29, 1.82) is 0 Å². The smallest absolute Gasteiger partial charge is 0.271 e. The van der Waals surface area contributed by atoms with Gasteiger partial charge in [0.15, 0.2) is 0 Å². The summed E-state index contributed by atoms with van der Waals surface area (Å²) in [5.41, 5.74) is 0.180. The summed E-state index contributed by atoms with van der Waals surface area (Å²) in [6, 6.07) is 9.92. The molecule has 1 aromatic heterocycles. The molecular formula is C21H21N5O7S. The highest BCUT2D eigenvalue weighted by atomic mass is 32.2. The van der Waals surface area contributed by atoms with E-state index in [-0.39, 0.29) is 34.6 Å². The molecule has 1 fully saturated rings. The van der Waals surface area contributed by atoms with Gasteiger partial charge in [-0.1, -0.05) is 12.1 Å². The van der Waals surface area contributed by atoms with Crippen LogP contribution in [0.5, 0.6) is 0 Å². The van der Waals surface area contributed by atoms with Crippen molar-refractivity contribution in [3.63, 3.8) is 0 Å². The first-order chi connectivity index (χ1) is 16.3. The van der Waals surface area contributed by atoms with Crippen LogP contribution in [0.4, 0.5) is 5.69 Å². The predicted molar refractivity (Wildman–Crippen MR) is 121 cm³/mol. The summed E-state index contributed by atoms with van der Waals surface area (Å²) in [5.74, 6) is -0.449. The summed E-state index contributed by atoms with van der Waals surface area (Å²) in [4.78, 5) is 39.4. The zero-order valence-electron chi connectivity index (χ0n) is 17.9. The van der Waals surface area contributed by atoms with Crippen LogP contribution >= 0.6 is 0 Å². The van der Waals surface area contributed by atoms with Gasteiger partial charge in [0.2, 0.25) is 15.9 Å². The Morgan fingerprint density at radius 3 is 2.53 bits per heavy atom. The Kier molecular flexibility index (Phi) is 6.68. The Hall–Kier alpha value is -3.68. The monoisotopic (exact) mass is 487 g/mol. The number of hydrogen-bond donors (Lipinski definition) is 1. The molecule has 2 aromatic carbocycles. The van der Waals surface area contributed by atoms with E-state index in [4.69, 9.17) is 4.74 Å². The highest BCUT2D eigenvalue weighted by Crippen LogP contribution is 2.18. The number of carbonyl (C=O) groups excluding carboxylic acids is 1. The van der Waals surface area contributed by atoms with E-state index in [0.717, 1.165) is 4.57 Å². The Morgan fingerprint density at radius 1 is 1.15 bits per heavy atom. The third-order valence-corrected chi connectivity index (χ3v) is 7.27. The lowest BCUT2D eigenvalue weighted by atomic mass is 10.2. The van der Waals surface area contributed by atoms with Crippen LogP contribution in [0.25, 0.3) is 10.9 Å². The molecule has 0 atom stereocenters. The molecule has 2 heterocycles. The van der Waals surface area contributed by atoms with Crippen molar-refractivity contribution >= 4 is 32.5 Å². The lowest BCUT2D eigenvalue weighted by molar-refractivity contribution is -0.384. The number of ether oxygens (including phenoxy) is 1. The molecule has 13 heteroatoms. The van der Waals surface area contributed by atoms with E-state index < -0.39 is 26.4 Å². The first kappa shape index (κ1) is 23.5. The van der Waals surface area contributed by atoms with E-state index in [0.29, 0.717) is 31.9 Å². The van der Waals surface area contributed by atoms with Crippen LogP contribution in [0.2, 0.25) is 0 Å². The molecule has 178 valence electrons. The van der Waals surface area contributed by atoms with Gasteiger partial charge in [-0.3, -0.25) is 24.3 Å². The fourth-order valence-electron chi connectivity index (χ4n) is 3.50. The zero-order valence-corrected chi connectivity index (χ0v) is 18.7. The van der Waals surface area contributed by atoms with Crippen molar-refractivity contribution in [2.75, 3.05) is 26.3 Å². The number of sulfonamides is 1. The molecule has 0 saturated carbocycles. The van der Waals surface area contributed by atoms with E-state index in [1.165, 1.54) is 41.0 Å². The number of carbonyl (C=O) groups is 1. The molecule has 1 amide bonds. The third kappa shape index (κ3) is 4.95. The van der Waals surface area contributed by atoms with Crippen LogP contribution in [-0.4, -0.2) is 59.4 Å². The Morgan fingerprint density at radius 2 is 1.85 bits per heavy atom. The van der Waals surface area contributed by atoms with Gasteiger partial charge in [-0.05, 0) is 23.8 Å². The van der Waals surface area contributed by atoms with Crippen molar-refractivity contribution in [2.45, 2.75) is 18.0 Å². The second kappa shape index (κ2) is 9.67. The highest BCUT2D eigenvalue weighted by Gasteiger charge is 2.26. The van der Waals surface area contributed by atoms with Crippen molar-refractivity contribution < 1.29 is 22.9 Å². The predicted octanol–water partition coefficient (Wildman–Crippen LogP) is 0.642. The molecule has 0 unspecified atom stereocenters. The number of morpholine rings is 1. The van der Waals surface area contributed by atoms with Crippen LogP contribution in [0.1, 0.15) is 5.56 Å². The summed E-state index contributed by atoms with van der Waals surface area (Å²) in [6.07, 6.45) is 1.17. The van der Waals surface area contributed by atoms with E-state index in [1.807, 2.05) is 0 Å². The minimum atomic E-state index is -3.60. The molecule has 12 nitrogen and oxygen atoms in total. The average molecular weight is 487 g/mol. The summed E-state index contributed by atoms with van der Waals surface area (Å²) in [5, 5.41) is 13.7. The lowest BCUT2D eigenvalue weighted by Crippen LogP contribution is -2.40. The highest BCUT2D eigenvalue weighted by molar-refractivity contribution is 7.89. The molecule has 4 rings (SSSR count). The minimum Gasteiger partial charge on any atom is -0.379 e. The van der Waals surface area contributed by atoms with Crippen LogP contribution in [-0.2, 0) is 32.6 Å². The van der Waals surface area contributed by atoms with Crippen molar-refractivity contribution in [3.05, 3.63) is 74.8 Å². The molecule has 1 aliphatic heterocycles.